The van der Waals surface area contributed by atoms with Crippen molar-refractivity contribution in [2.75, 3.05) is 13.2 Å². The lowest BCUT2D eigenvalue weighted by atomic mass is 9.80. The second-order valence-electron chi connectivity index (χ2n) is 5.46. The molecule has 0 aliphatic heterocycles. The van der Waals surface area contributed by atoms with Crippen LogP contribution in [0.5, 0.6) is 5.75 Å². The second-order valence-corrected chi connectivity index (χ2v) is 5.46. The molecule has 0 saturated heterocycles. The Morgan fingerprint density at radius 1 is 1.00 bits per heavy atom. The van der Waals surface area contributed by atoms with Gasteiger partial charge in [-0.05, 0) is 48.1 Å². The van der Waals surface area contributed by atoms with Gasteiger partial charge in [0.2, 0.25) is 0 Å². The van der Waals surface area contributed by atoms with E-state index in [0.29, 0.717) is 30.7 Å². The largest absolute Gasteiger partial charge is 0.494 e. The predicted molar refractivity (Wildman–Crippen MR) is 97.8 cm³/mol. The topological polar surface area (TPSA) is 76.0 Å². The minimum atomic E-state index is -1.54. The molecule has 6 heteroatoms. The normalized spacial score (nSPS) is 10.2. The highest BCUT2D eigenvalue weighted by Crippen LogP contribution is 2.13. The maximum absolute atomic E-state index is 11.9. The molecule has 0 spiro atoms. The summed E-state index contributed by atoms with van der Waals surface area (Å²) in [6.07, 6.45) is 3.24. The van der Waals surface area contributed by atoms with Crippen LogP contribution in [-0.4, -0.2) is 36.3 Å². The number of benzene rings is 2. The lowest BCUT2D eigenvalue weighted by Gasteiger charge is -2.08. The van der Waals surface area contributed by atoms with Crippen LogP contribution in [0.2, 0.25) is 0 Å². The Bertz CT molecular complexity index is 680. The van der Waals surface area contributed by atoms with E-state index in [0.717, 1.165) is 17.7 Å². The zero-order chi connectivity index (χ0) is 18.1. The van der Waals surface area contributed by atoms with E-state index in [2.05, 4.69) is 6.58 Å². The van der Waals surface area contributed by atoms with Crippen LogP contribution in [0.3, 0.4) is 0 Å². The number of hydrogen-bond donors (Lipinski definition) is 2. The number of rotatable bonds is 9. The number of ether oxygens (including phenoxy) is 2. The van der Waals surface area contributed by atoms with Crippen LogP contribution in [-0.2, 0) is 4.74 Å². The zero-order valence-corrected chi connectivity index (χ0v) is 13.9. The zero-order valence-electron chi connectivity index (χ0n) is 13.9. The third kappa shape index (κ3) is 6.10. The quantitative estimate of drug-likeness (QED) is 0.415. The van der Waals surface area contributed by atoms with Crippen LogP contribution >= 0.6 is 0 Å². The standard InChI is InChI=1S/C19H21BO5/c1-2-15-5-11-18(12-6-15)24-13-3-4-14-25-19(21)16-7-9-17(10-8-16)20(22)23/h2,5-12,22-23H,1,3-4,13-14H2. The van der Waals surface area contributed by atoms with Crippen LogP contribution in [0.25, 0.3) is 6.08 Å². The van der Waals surface area contributed by atoms with Crippen molar-refractivity contribution in [3.05, 3.63) is 66.2 Å². The number of carbonyl (C=O) groups is 1. The van der Waals surface area contributed by atoms with Gasteiger partial charge in [0, 0.05) is 0 Å². The van der Waals surface area contributed by atoms with Crippen molar-refractivity contribution in [1.29, 1.82) is 0 Å². The number of hydrogen-bond acceptors (Lipinski definition) is 5. The van der Waals surface area contributed by atoms with E-state index in [9.17, 15) is 4.79 Å². The molecule has 2 rings (SSSR count). The van der Waals surface area contributed by atoms with E-state index in [4.69, 9.17) is 19.5 Å². The Balaban J connectivity index is 1.63. The van der Waals surface area contributed by atoms with Gasteiger partial charge in [-0.1, -0.05) is 36.9 Å². The van der Waals surface area contributed by atoms with E-state index < -0.39 is 13.1 Å². The van der Waals surface area contributed by atoms with Crippen molar-refractivity contribution < 1.29 is 24.3 Å². The molecule has 0 heterocycles. The lowest BCUT2D eigenvalue weighted by Crippen LogP contribution is -2.29. The third-order valence-corrected chi connectivity index (χ3v) is 3.60. The van der Waals surface area contributed by atoms with Gasteiger partial charge >= 0.3 is 13.1 Å². The molecule has 0 amide bonds. The molecule has 0 atom stereocenters. The van der Waals surface area contributed by atoms with Crippen molar-refractivity contribution in [3.8, 4) is 5.75 Å². The van der Waals surface area contributed by atoms with Gasteiger partial charge in [-0.25, -0.2) is 4.79 Å². The van der Waals surface area contributed by atoms with Gasteiger partial charge in [0.15, 0.2) is 0 Å². The summed E-state index contributed by atoms with van der Waals surface area (Å²) in [7, 11) is -1.54. The molecule has 0 aliphatic rings. The van der Waals surface area contributed by atoms with Crippen molar-refractivity contribution >= 4 is 24.6 Å². The SMILES string of the molecule is C=Cc1ccc(OCCCCOC(=O)c2ccc(B(O)O)cc2)cc1. The van der Waals surface area contributed by atoms with E-state index in [1.54, 1.807) is 6.08 Å². The summed E-state index contributed by atoms with van der Waals surface area (Å²) in [5.41, 5.74) is 1.75. The molecule has 5 nitrogen and oxygen atoms in total. The molecular weight excluding hydrogens is 319 g/mol. The molecule has 2 aromatic rings. The first-order chi connectivity index (χ1) is 12.1. The fraction of sp³-hybridized carbons (Fsp3) is 0.211. The number of esters is 1. The molecule has 0 radical (unpaired) electrons. The highest BCUT2D eigenvalue weighted by atomic mass is 16.5. The van der Waals surface area contributed by atoms with Gasteiger partial charge in [-0.2, -0.15) is 0 Å². The van der Waals surface area contributed by atoms with Crippen LogP contribution < -0.4 is 10.2 Å². The molecule has 0 saturated carbocycles. The molecule has 0 fully saturated rings. The summed E-state index contributed by atoms with van der Waals surface area (Å²) in [6, 6.07) is 13.6. The summed E-state index contributed by atoms with van der Waals surface area (Å²) >= 11 is 0. The second kappa shape index (κ2) is 9.66. The van der Waals surface area contributed by atoms with E-state index in [-0.39, 0.29) is 0 Å². The van der Waals surface area contributed by atoms with Gasteiger partial charge in [0.05, 0.1) is 18.8 Å². The van der Waals surface area contributed by atoms with Crippen LogP contribution in [0.4, 0.5) is 0 Å². The maximum Gasteiger partial charge on any atom is 0.488 e. The maximum atomic E-state index is 11.9. The summed E-state index contributed by atoms with van der Waals surface area (Å²) < 4.78 is 10.8. The fourth-order valence-corrected chi connectivity index (χ4v) is 2.13. The molecule has 0 aromatic heterocycles. The van der Waals surface area contributed by atoms with E-state index >= 15 is 0 Å². The first-order valence-corrected chi connectivity index (χ1v) is 8.08. The van der Waals surface area contributed by atoms with Gasteiger partial charge in [-0.3, -0.25) is 0 Å². The molecule has 25 heavy (non-hydrogen) atoms. The Morgan fingerprint density at radius 2 is 1.64 bits per heavy atom. The summed E-state index contributed by atoms with van der Waals surface area (Å²) in [6.45, 7) is 4.56. The number of carbonyl (C=O) groups excluding carboxylic acids is 1. The van der Waals surface area contributed by atoms with Gasteiger partial charge in [-0.15, -0.1) is 0 Å². The number of unbranched alkanes of at least 4 members (excludes halogenated alkanes) is 1. The van der Waals surface area contributed by atoms with Gasteiger partial charge in [0.1, 0.15) is 5.75 Å². The molecule has 2 N–H and O–H groups in total. The molecular formula is C19H21BO5. The molecule has 130 valence electrons. The molecule has 0 aliphatic carbocycles. The minimum absolute atomic E-state index is 0.308. The van der Waals surface area contributed by atoms with Crippen molar-refractivity contribution in [2.45, 2.75) is 12.8 Å². The van der Waals surface area contributed by atoms with Crippen LogP contribution in [0.15, 0.2) is 55.1 Å². The third-order valence-electron chi connectivity index (χ3n) is 3.60. The highest BCUT2D eigenvalue weighted by molar-refractivity contribution is 6.58. The molecule has 2 aromatic carbocycles. The summed E-state index contributed by atoms with van der Waals surface area (Å²) in [5.74, 6) is 0.369. The highest BCUT2D eigenvalue weighted by Gasteiger charge is 2.12. The average molecular weight is 340 g/mol. The predicted octanol–water partition coefficient (Wildman–Crippen LogP) is 2.03. The van der Waals surface area contributed by atoms with Crippen LogP contribution in [0, 0.1) is 0 Å². The molecule has 0 unspecified atom stereocenters. The lowest BCUT2D eigenvalue weighted by molar-refractivity contribution is 0.0494. The molecule has 0 bridgehead atoms. The smallest absolute Gasteiger partial charge is 0.488 e. The van der Waals surface area contributed by atoms with Crippen molar-refractivity contribution in [1.82, 2.24) is 0 Å². The van der Waals surface area contributed by atoms with E-state index in [1.165, 1.54) is 24.3 Å². The van der Waals surface area contributed by atoms with Gasteiger partial charge < -0.3 is 19.5 Å². The first-order valence-electron chi connectivity index (χ1n) is 8.08. The monoisotopic (exact) mass is 340 g/mol. The summed E-state index contributed by atoms with van der Waals surface area (Å²) in [4.78, 5) is 11.9. The Labute approximate surface area is 147 Å². The van der Waals surface area contributed by atoms with E-state index in [1.807, 2.05) is 24.3 Å². The first kappa shape index (κ1) is 18.8. The Morgan fingerprint density at radius 3 is 2.24 bits per heavy atom. The minimum Gasteiger partial charge on any atom is -0.494 e. The van der Waals surface area contributed by atoms with Gasteiger partial charge in [0.25, 0.3) is 0 Å². The Kier molecular flexibility index (Phi) is 7.25. The van der Waals surface area contributed by atoms with Crippen LogP contribution in [0.1, 0.15) is 28.8 Å². The average Bonchev–Trinajstić information content (AvgIpc) is 2.65. The Hall–Kier alpha value is -2.57. The van der Waals surface area contributed by atoms with Crippen molar-refractivity contribution in [3.63, 3.8) is 0 Å². The summed E-state index contributed by atoms with van der Waals surface area (Å²) in [5, 5.41) is 18.0. The van der Waals surface area contributed by atoms with Crippen molar-refractivity contribution in [2.24, 2.45) is 0 Å². The fourth-order valence-electron chi connectivity index (χ4n) is 2.13.